The van der Waals surface area contributed by atoms with Crippen molar-refractivity contribution in [1.82, 2.24) is 14.5 Å². The molecule has 0 amide bonds. The molecule has 0 radical (unpaired) electrons. The van der Waals surface area contributed by atoms with E-state index in [1.165, 1.54) is 42.3 Å². The lowest BCUT2D eigenvalue weighted by Gasteiger charge is -2.21. The summed E-state index contributed by atoms with van der Waals surface area (Å²) in [5.74, 6) is 2.02. The lowest BCUT2D eigenvalue weighted by atomic mass is 10.1. The summed E-state index contributed by atoms with van der Waals surface area (Å²) < 4.78 is 2.23. The van der Waals surface area contributed by atoms with E-state index < -0.39 is 0 Å². The van der Waals surface area contributed by atoms with Crippen LogP contribution < -0.4 is 9.80 Å². The van der Waals surface area contributed by atoms with E-state index in [1.807, 2.05) is 0 Å². The van der Waals surface area contributed by atoms with Crippen molar-refractivity contribution in [3.63, 3.8) is 0 Å². The largest absolute Gasteiger partial charge is 0.356 e. The smallest absolute Gasteiger partial charge is 0.229 e. The van der Waals surface area contributed by atoms with Gasteiger partial charge in [-0.2, -0.15) is 9.97 Å². The molecule has 2 aliphatic rings. The van der Waals surface area contributed by atoms with Gasteiger partial charge in [-0.05, 0) is 37.3 Å². The fraction of sp³-hybridized carbons (Fsp3) is 0.429. The third kappa shape index (κ3) is 2.54. The molecule has 134 valence electrons. The van der Waals surface area contributed by atoms with Crippen molar-refractivity contribution in [2.75, 3.05) is 36.0 Å². The molecule has 0 bridgehead atoms. The number of nitrogens with zero attached hydrogens (tertiary/aromatic N) is 5. The highest BCUT2D eigenvalue weighted by molar-refractivity contribution is 5.94. The molecule has 2 saturated heterocycles. The predicted octanol–water partition coefficient (Wildman–Crippen LogP) is 3.84. The molecule has 5 rings (SSSR count). The first kappa shape index (κ1) is 15.7. The van der Waals surface area contributed by atoms with Crippen LogP contribution in [0.5, 0.6) is 0 Å². The van der Waals surface area contributed by atoms with Crippen LogP contribution in [0.15, 0.2) is 36.4 Å². The van der Waals surface area contributed by atoms with Crippen LogP contribution in [0.2, 0.25) is 0 Å². The molecule has 0 unspecified atom stereocenters. The Hall–Kier alpha value is -2.56. The summed E-state index contributed by atoms with van der Waals surface area (Å²) in [4.78, 5) is 14.8. The fourth-order valence-electron chi connectivity index (χ4n) is 4.28. The number of hydrogen-bond donors (Lipinski definition) is 0. The highest BCUT2D eigenvalue weighted by atomic mass is 15.8. The zero-order chi connectivity index (χ0) is 17.5. The summed E-state index contributed by atoms with van der Waals surface area (Å²) in [6.07, 6.45) is 4.98. The topological polar surface area (TPSA) is 37.2 Å². The molecule has 26 heavy (non-hydrogen) atoms. The minimum atomic E-state index is 0.901. The second kappa shape index (κ2) is 6.31. The van der Waals surface area contributed by atoms with Crippen molar-refractivity contribution >= 4 is 22.8 Å². The van der Waals surface area contributed by atoms with Gasteiger partial charge in [-0.3, -0.25) is 0 Å². The molecule has 2 fully saturated rings. The first-order valence-corrected chi connectivity index (χ1v) is 9.74. The average Bonchev–Trinajstić information content (AvgIpc) is 3.44. The van der Waals surface area contributed by atoms with Gasteiger partial charge in [-0.25, -0.2) is 0 Å². The summed E-state index contributed by atoms with van der Waals surface area (Å²) in [5.41, 5.74) is 3.47. The molecule has 0 atom stereocenters. The molecule has 0 aliphatic carbocycles. The summed E-state index contributed by atoms with van der Waals surface area (Å²) in [6.45, 7) is 4.34. The zero-order valence-corrected chi connectivity index (χ0v) is 15.4. The molecule has 2 aliphatic heterocycles. The van der Waals surface area contributed by atoms with Crippen LogP contribution in [-0.4, -0.2) is 40.7 Å². The van der Waals surface area contributed by atoms with Gasteiger partial charge >= 0.3 is 0 Å². The van der Waals surface area contributed by atoms with Gasteiger partial charge in [0, 0.05) is 33.2 Å². The van der Waals surface area contributed by atoms with Crippen LogP contribution in [0.25, 0.3) is 22.3 Å². The number of anilines is 2. The Morgan fingerprint density at radius 1 is 0.885 bits per heavy atom. The van der Waals surface area contributed by atoms with Gasteiger partial charge in [-0.1, -0.05) is 30.3 Å². The third-order valence-corrected chi connectivity index (χ3v) is 5.72. The number of benzene rings is 1. The van der Waals surface area contributed by atoms with E-state index in [0.29, 0.717) is 0 Å². The van der Waals surface area contributed by atoms with Crippen molar-refractivity contribution in [2.45, 2.75) is 25.7 Å². The molecule has 0 saturated carbocycles. The van der Waals surface area contributed by atoms with Crippen molar-refractivity contribution in [3.05, 3.63) is 36.4 Å². The predicted molar refractivity (Wildman–Crippen MR) is 107 cm³/mol. The Labute approximate surface area is 154 Å². The van der Waals surface area contributed by atoms with E-state index in [0.717, 1.165) is 43.6 Å². The first-order valence-electron chi connectivity index (χ1n) is 9.74. The minimum absolute atomic E-state index is 0.901. The molecule has 2 aromatic heterocycles. The van der Waals surface area contributed by atoms with Crippen LogP contribution in [0.1, 0.15) is 25.7 Å². The quantitative estimate of drug-likeness (QED) is 0.720. The Morgan fingerprint density at radius 3 is 2.31 bits per heavy atom. The van der Waals surface area contributed by atoms with E-state index in [2.05, 4.69) is 57.8 Å². The van der Waals surface area contributed by atoms with Crippen LogP contribution in [0.4, 0.5) is 11.8 Å². The summed E-state index contributed by atoms with van der Waals surface area (Å²) >= 11 is 0. The van der Waals surface area contributed by atoms with Gasteiger partial charge in [0.25, 0.3) is 0 Å². The second-order valence-corrected chi connectivity index (χ2v) is 7.43. The van der Waals surface area contributed by atoms with Crippen LogP contribution in [0, 0.1) is 0 Å². The van der Waals surface area contributed by atoms with Gasteiger partial charge in [0.05, 0.1) is 11.1 Å². The second-order valence-electron chi connectivity index (χ2n) is 7.43. The SMILES string of the molecule is Cn1c(-c2ccccc2)cc2c(N3CCCC3)n[14c](N3CCCC3)nc21. The average molecular weight is 349 g/mol. The lowest BCUT2D eigenvalue weighted by Crippen LogP contribution is -2.24. The molecule has 5 nitrogen and oxygen atoms in total. The number of aryl methyl sites for hydroxylation is 1. The molecule has 4 heterocycles. The number of hydrogen-bond acceptors (Lipinski definition) is 4. The van der Waals surface area contributed by atoms with Gasteiger partial charge in [0.1, 0.15) is 11.5 Å². The highest BCUT2D eigenvalue weighted by Gasteiger charge is 2.24. The van der Waals surface area contributed by atoms with Gasteiger partial charge < -0.3 is 14.4 Å². The Kier molecular flexibility index (Phi) is 3.80. The summed E-state index contributed by atoms with van der Waals surface area (Å²) in [5, 5.41) is 1.18. The molecule has 0 N–H and O–H groups in total. The van der Waals surface area contributed by atoms with Crippen molar-refractivity contribution in [2.24, 2.45) is 7.05 Å². The van der Waals surface area contributed by atoms with E-state index in [9.17, 15) is 0 Å². The first-order chi connectivity index (χ1) is 12.8. The zero-order valence-electron chi connectivity index (χ0n) is 15.4. The lowest BCUT2D eigenvalue weighted by molar-refractivity contribution is 0.870. The minimum Gasteiger partial charge on any atom is -0.356 e. The summed E-state index contributed by atoms with van der Waals surface area (Å²) in [6, 6.07) is 12.8. The molecular weight excluding hydrogens is 324 g/mol. The Morgan fingerprint density at radius 2 is 1.58 bits per heavy atom. The third-order valence-electron chi connectivity index (χ3n) is 5.72. The van der Waals surface area contributed by atoms with E-state index >= 15 is 0 Å². The monoisotopic (exact) mass is 349 g/mol. The number of rotatable bonds is 3. The Balaban J connectivity index is 1.71. The number of fused-ring (bicyclic) bond motifs is 1. The van der Waals surface area contributed by atoms with Crippen LogP contribution in [0.3, 0.4) is 0 Å². The van der Waals surface area contributed by atoms with Crippen molar-refractivity contribution in [3.8, 4) is 11.3 Å². The van der Waals surface area contributed by atoms with Crippen molar-refractivity contribution in [1.29, 1.82) is 0 Å². The molecular formula is C21H25N5. The molecule has 1 aromatic carbocycles. The van der Waals surface area contributed by atoms with Gasteiger partial charge in [0.2, 0.25) is 5.95 Å². The fourth-order valence-corrected chi connectivity index (χ4v) is 4.28. The number of aromatic nitrogens is 3. The van der Waals surface area contributed by atoms with E-state index in [1.54, 1.807) is 0 Å². The summed E-state index contributed by atoms with van der Waals surface area (Å²) in [7, 11) is 2.12. The molecule has 0 spiro atoms. The molecule has 3 aromatic rings. The van der Waals surface area contributed by atoms with Crippen molar-refractivity contribution < 1.29 is 0 Å². The van der Waals surface area contributed by atoms with E-state index in [-0.39, 0.29) is 0 Å². The van der Waals surface area contributed by atoms with Gasteiger partial charge in [0.15, 0.2) is 0 Å². The van der Waals surface area contributed by atoms with E-state index in [4.69, 9.17) is 9.97 Å². The van der Waals surface area contributed by atoms with Gasteiger partial charge in [-0.15, -0.1) is 0 Å². The Bertz CT molecular complexity index is 918. The maximum atomic E-state index is 5.04. The van der Waals surface area contributed by atoms with Crippen LogP contribution >= 0.6 is 0 Å². The molecule has 5 heteroatoms. The highest BCUT2D eigenvalue weighted by Crippen LogP contribution is 2.34. The normalized spacial score (nSPS) is 17.6. The maximum Gasteiger partial charge on any atom is 0.229 e. The van der Waals surface area contributed by atoms with Crippen LogP contribution in [-0.2, 0) is 7.05 Å². The maximum absolute atomic E-state index is 5.04. The standard InChI is InChI=1S/C21H25N5/c1-24-18(16-9-3-2-4-10-16)15-17-19(24)22-21(26-13-7-8-14-26)23-20(17)25-11-5-6-12-25/h2-4,9-10,15H,5-8,11-14H2,1H3/i21+2.